The number of nitrogens with one attached hydrogen (secondary N) is 2. The molecule has 0 saturated carbocycles. The molecule has 0 radical (unpaired) electrons. The van der Waals surface area contributed by atoms with Crippen LogP contribution in [0.3, 0.4) is 0 Å². The van der Waals surface area contributed by atoms with E-state index in [1.165, 1.54) is 44.9 Å². The van der Waals surface area contributed by atoms with Crippen LogP contribution in [0.4, 0.5) is 13.2 Å². The summed E-state index contributed by atoms with van der Waals surface area (Å²) in [6, 6.07) is -1.67. The molecule has 0 aliphatic carbocycles. The lowest BCUT2D eigenvalue weighted by atomic mass is 10.1. The third kappa shape index (κ3) is 20.3. The van der Waals surface area contributed by atoms with Gasteiger partial charge in [0.05, 0.1) is 12.6 Å². The molecular weight excluding hydrogens is 539 g/mol. The van der Waals surface area contributed by atoms with Crippen LogP contribution in [0.1, 0.15) is 90.4 Å². The second-order valence-corrected chi connectivity index (χ2v) is 10.6. The fourth-order valence-electron chi connectivity index (χ4n) is 3.64. The van der Waals surface area contributed by atoms with Crippen molar-refractivity contribution in [1.82, 2.24) is 10.6 Å². The summed E-state index contributed by atoms with van der Waals surface area (Å²) in [6.45, 7) is 1.56. The standard InChI is InChI=1S/C26H44F3N3O6S/c1-2-3-4-5-6-7-8-9-10-11-12-13-14-21(20(33)15-16-23(35)36)39-18-19(24(37)31-17-22(30)34)32-25(38)26(27,28)29/h13-14,19-21,33H,2-12,15-18H2,1H3,(H2,30,34)(H,31,37)(H,32,38)(H,35,36)/b14-13-. The number of carbonyl (C=O) groups is 4. The Morgan fingerprint density at radius 1 is 0.974 bits per heavy atom. The Labute approximate surface area is 232 Å². The van der Waals surface area contributed by atoms with Crippen molar-refractivity contribution in [2.75, 3.05) is 12.3 Å². The second-order valence-electron chi connectivity index (χ2n) is 9.40. The van der Waals surface area contributed by atoms with Crippen LogP contribution < -0.4 is 16.4 Å². The van der Waals surface area contributed by atoms with E-state index in [-0.39, 0.29) is 18.6 Å². The van der Waals surface area contributed by atoms with Crippen molar-refractivity contribution < 1.29 is 42.6 Å². The summed E-state index contributed by atoms with van der Waals surface area (Å²) in [5.74, 6) is -5.79. The molecule has 226 valence electrons. The number of aliphatic hydroxyl groups excluding tert-OH is 1. The number of nitrogens with two attached hydrogens (primary N) is 1. The summed E-state index contributed by atoms with van der Waals surface area (Å²) in [5.41, 5.74) is 4.95. The highest BCUT2D eigenvalue weighted by Crippen LogP contribution is 2.23. The summed E-state index contributed by atoms with van der Waals surface area (Å²) >= 11 is 0.899. The van der Waals surface area contributed by atoms with Crippen LogP contribution in [-0.2, 0) is 19.2 Å². The van der Waals surface area contributed by atoms with Gasteiger partial charge in [-0.3, -0.25) is 19.2 Å². The highest BCUT2D eigenvalue weighted by Gasteiger charge is 2.41. The number of aliphatic carboxylic acids is 1. The van der Waals surface area contributed by atoms with Crippen molar-refractivity contribution in [1.29, 1.82) is 0 Å². The zero-order valence-electron chi connectivity index (χ0n) is 22.6. The number of thioether (sulfide) groups is 1. The van der Waals surface area contributed by atoms with Gasteiger partial charge in [-0.2, -0.15) is 13.2 Å². The normalized spacial score (nSPS) is 14.1. The average Bonchev–Trinajstić information content (AvgIpc) is 2.86. The van der Waals surface area contributed by atoms with Crippen LogP contribution >= 0.6 is 11.8 Å². The van der Waals surface area contributed by atoms with E-state index in [4.69, 9.17) is 10.8 Å². The molecule has 0 saturated heterocycles. The van der Waals surface area contributed by atoms with Gasteiger partial charge in [0.15, 0.2) is 0 Å². The second kappa shape index (κ2) is 21.5. The Hall–Kier alpha value is -2.28. The Morgan fingerprint density at radius 3 is 2.05 bits per heavy atom. The molecule has 0 bridgehead atoms. The summed E-state index contributed by atoms with van der Waals surface area (Å²) in [6.07, 6.45) is 9.11. The zero-order chi connectivity index (χ0) is 29.7. The highest BCUT2D eigenvalue weighted by atomic mass is 32.2. The van der Waals surface area contributed by atoms with Crippen molar-refractivity contribution in [2.24, 2.45) is 5.73 Å². The van der Waals surface area contributed by atoms with E-state index in [2.05, 4.69) is 12.2 Å². The predicted octanol–water partition coefficient (Wildman–Crippen LogP) is 3.83. The molecule has 0 heterocycles. The number of carboxylic acid groups (broad SMARTS) is 1. The number of halogens is 3. The Balaban J connectivity index is 4.97. The van der Waals surface area contributed by atoms with Gasteiger partial charge in [0, 0.05) is 17.4 Å². The van der Waals surface area contributed by atoms with Crippen molar-refractivity contribution in [3.63, 3.8) is 0 Å². The lowest BCUT2D eigenvalue weighted by Crippen LogP contribution is -2.53. The SMILES string of the molecule is CCCCCCCCCCCC/C=C\C(SCC(NC(=O)C(F)(F)F)C(=O)NCC(N)=O)C(O)CCC(=O)O. The molecule has 0 aromatic carbocycles. The van der Waals surface area contributed by atoms with Crippen molar-refractivity contribution in [2.45, 2.75) is 114 Å². The molecule has 6 N–H and O–H groups in total. The van der Waals surface area contributed by atoms with Gasteiger partial charge in [0.25, 0.3) is 0 Å². The maximum atomic E-state index is 12.8. The molecule has 13 heteroatoms. The third-order valence-corrected chi connectivity index (χ3v) is 7.24. The van der Waals surface area contributed by atoms with Gasteiger partial charge in [-0.15, -0.1) is 11.8 Å². The number of allylic oxidation sites excluding steroid dienone is 1. The number of carbonyl (C=O) groups excluding carboxylic acids is 3. The van der Waals surface area contributed by atoms with Gasteiger partial charge in [-0.05, 0) is 19.3 Å². The molecule has 0 aliphatic rings. The smallest absolute Gasteiger partial charge is 0.471 e. The number of alkyl halides is 3. The quantitative estimate of drug-likeness (QED) is 0.0903. The first-order valence-electron chi connectivity index (χ1n) is 13.5. The Bertz CT molecular complexity index is 768. The molecule has 0 spiro atoms. The number of hydrogen-bond donors (Lipinski definition) is 5. The van der Waals surface area contributed by atoms with Gasteiger partial charge in [0.1, 0.15) is 6.04 Å². The Kier molecular flexibility index (Phi) is 20.3. The molecule has 3 amide bonds. The van der Waals surface area contributed by atoms with E-state index in [0.29, 0.717) is 6.42 Å². The number of rotatable bonds is 23. The van der Waals surface area contributed by atoms with E-state index in [9.17, 15) is 37.5 Å². The summed E-state index contributed by atoms with van der Waals surface area (Å²) < 4.78 is 38.3. The van der Waals surface area contributed by atoms with Crippen LogP contribution in [0.5, 0.6) is 0 Å². The van der Waals surface area contributed by atoms with Gasteiger partial charge < -0.3 is 26.6 Å². The van der Waals surface area contributed by atoms with Crippen molar-refractivity contribution >= 4 is 35.5 Å². The van der Waals surface area contributed by atoms with Crippen LogP contribution in [0, 0.1) is 0 Å². The molecule has 0 aromatic heterocycles. The van der Waals surface area contributed by atoms with Gasteiger partial charge in [-0.25, -0.2) is 0 Å². The number of amides is 3. The molecule has 0 fully saturated rings. The minimum Gasteiger partial charge on any atom is -0.481 e. The number of unbranched alkanes of at least 4 members (excludes halogenated alkanes) is 10. The van der Waals surface area contributed by atoms with Gasteiger partial charge >= 0.3 is 18.1 Å². The van der Waals surface area contributed by atoms with Crippen LogP contribution in [0.15, 0.2) is 12.2 Å². The molecule has 3 atom stereocenters. The number of hydrogen-bond acceptors (Lipinski definition) is 6. The minimum absolute atomic E-state index is 0.108. The molecule has 9 nitrogen and oxygen atoms in total. The summed E-state index contributed by atoms with van der Waals surface area (Å²) in [7, 11) is 0. The minimum atomic E-state index is -5.23. The highest BCUT2D eigenvalue weighted by molar-refractivity contribution is 8.00. The van der Waals surface area contributed by atoms with Crippen molar-refractivity contribution in [3.8, 4) is 0 Å². The van der Waals surface area contributed by atoms with Crippen LogP contribution in [0.25, 0.3) is 0 Å². The molecule has 0 aliphatic heterocycles. The molecule has 0 rings (SSSR count). The van der Waals surface area contributed by atoms with Gasteiger partial charge in [-0.1, -0.05) is 76.9 Å². The monoisotopic (exact) mass is 583 g/mol. The number of primary amides is 1. The van der Waals surface area contributed by atoms with Crippen LogP contribution in [0.2, 0.25) is 0 Å². The average molecular weight is 584 g/mol. The molecule has 0 aromatic rings. The fourth-order valence-corrected chi connectivity index (χ4v) is 4.87. The van der Waals surface area contributed by atoms with Gasteiger partial charge in [0.2, 0.25) is 11.8 Å². The molecule has 3 unspecified atom stereocenters. The molecule has 39 heavy (non-hydrogen) atoms. The third-order valence-electron chi connectivity index (χ3n) is 5.85. The first-order chi connectivity index (χ1) is 18.4. The lowest BCUT2D eigenvalue weighted by molar-refractivity contribution is -0.174. The maximum Gasteiger partial charge on any atom is 0.471 e. The van der Waals surface area contributed by atoms with E-state index in [1.807, 2.05) is 6.08 Å². The fraction of sp³-hybridized carbons (Fsp3) is 0.769. The Morgan fingerprint density at radius 2 is 1.54 bits per heavy atom. The molecular formula is C26H44F3N3O6S. The first-order valence-corrected chi connectivity index (χ1v) is 14.5. The predicted molar refractivity (Wildman–Crippen MR) is 145 cm³/mol. The maximum absolute atomic E-state index is 12.8. The van der Waals surface area contributed by atoms with E-state index in [0.717, 1.165) is 31.0 Å². The largest absolute Gasteiger partial charge is 0.481 e. The lowest BCUT2D eigenvalue weighted by Gasteiger charge is -2.23. The zero-order valence-corrected chi connectivity index (χ0v) is 23.5. The van der Waals surface area contributed by atoms with Crippen LogP contribution in [-0.4, -0.2) is 69.8 Å². The first kappa shape index (κ1) is 36.7. The number of carboxylic acids is 1. The van der Waals surface area contributed by atoms with E-state index >= 15 is 0 Å². The van der Waals surface area contributed by atoms with Crippen molar-refractivity contribution in [3.05, 3.63) is 12.2 Å². The summed E-state index contributed by atoms with van der Waals surface area (Å²) in [4.78, 5) is 45.6. The number of aliphatic hydroxyl groups is 1. The van der Waals surface area contributed by atoms with E-state index in [1.54, 1.807) is 11.4 Å². The topological polar surface area (TPSA) is 159 Å². The van der Waals surface area contributed by atoms with E-state index < -0.39 is 53.8 Å². The summed E-state index contributed by atoms with van der Waals surface area (Å²) in [5, 5.41) is 22.3.